The van der Waals surface area contributed by atoms with Gasteiger partial charge < -0.3 is 9.88 Å². The molecule has 0 bridgehead atoms. The van der Waals surface area contributed by atoms with E-state index in [0.29, 0.717) is 35.1 Å². The van der Waals surface area contributed by atoms with Gasteiger partial charge >= 0.3 is 0 Å². The lowest BCUT2D eigenvalue weighted by atomic mass is 10.0. The molecule has 0 radical (unpaired) electrons. The van der Waals surface area contributed by atoms with Crippen LogP contribution in [0.1, 0.15) is 50.6 Å². The minimum atomic E-state index is -0.731. The molecule has 0 spiro atoms. The van der Waals surface area contributed by atoms with Crippen molar-refractivity contribution in [3.63, 3.8) is 0 Å². The Morgan fingerprint density at radius 1 is 1.15 bits per heavy atom. The van der Waals surface area contributed by atoms with Gasteiger partial charge in [0, 0.05) is 12.2 Å². The first-order valence-corrected chi connectivity index (χ1v) is 12.5. The van der Waals surface area contributed by atoms with Gasteiger partial charge in [0.1, 0.15) is 11.1 Å². The van der Waals surface area contributed by atoms with E-state index in [1.54, 1.807) is 0 Å². The highest BCUT2D eigenvalue weighted by Crippen LogP contribution is 2.31. The number of rotatable bonds is 5. The summed E-state index contributed by atoms with van der Waals surface area (Å²) in [5.74, 6) is 0.433. The molecule has 8 nitrogen and oxygen atoms in total. The summed E-state index contributed by atoms with van der Waals surface area (Å²) in [6.45, 7) is 0.764. The molecular weight excluding hydrogens is 436 g/mol. The van der Waals surface area contributed by atoms with Gasteiger partial charge in [0.15, 0.2) is 11.0 Å². The maximum atomic E-state index is 13.3. The summed E-state index contributed by atoms with van der Waals surface area (Å²) in [5.41, 5.74) is 1.35. The summed E-state index contributed by atoms with van der Waals surface area (Å²) in [5, 5.41) is 17.7. The number of carbonyl (C=O) groups excluding carboxylic acids is 1. The third kappa shape index (κ3) is 4.15. The fourth-order valence-electron chi connectivity index (χ4n) is 4.88. The molecular formula is C24H26N6O2S. The van der Waals surface area contributed by atoms with Crippen molar-refractivity contribution in [2.75, 3.05) is 5.75 Å². The molecule has 1 saturated carbocycles. The number of nitriles is 1. The van der Waals surface area contributed by atoms with Crippen molar-refractivity contribution in [3.05, 3.63) is 46.4 Å². The smallest absolute Gasteiger partial charge is 0.284 e. The molecule has 3 heterocycles. The Labute approximate surface area is 196 Å². The summed E-state index contributed by atoms with van der Waals surface area (Å²) in [6, 6.07) is 11.7. The summed E-state index contributed by atoms with van der Waals surface area (Å²) in [7, 11) is 0. The van der Waals surface area contributed by atoms with Gasteiger partial charge in [-0.15, -0.1) is 5.10 Å². The lowest BCUT2D eigenvalue weighted by Gasteiger charge is -2.22. The Morgan fingerprint density at radius 2 is 1.94 bits per heavy atom. The van der Waals surface area contributed by atoms with Gasteiger partial charge in [-0.2, -0.15) is 9.94 Å². The third-order valence-corrected chi connectivity index (χ3v) is 7.53. The van der Waals surface area contributed by atoms with Gasteiger partial charge in [-0.1, -0.05) is 36.4 Å². The largest absolute Gasteiger partial charge is 0.337 e. The van der Waals surface area contributed by atoms with E-state index in [4.69, 9.17) is 4.98 Å². The van der Waals surface area contributed by atoms with Crippen LogP contribution < -0.4 is 10.9 Å². The van der Waals surface area contributed by atoms with Gasteiger partial charge in [0.25, 0.3) is 5.56 Å². The van der Waals surface area contributed by atoms with Crippen LogP contribution in [0.25, 0.3) is 17.1 Å². The third-order valence-electron chi connectivity index (χ3n) is 6.55. The molecule has 1 aliphatic carbocycles. The second-order valence-electron chi connectivity index (χ2n) is 8.79. The standard InChI is InChI=1S/C24H26N6O2S/c25-16-24(12-6-7-13-24)27-19(31)15-33-23-26-21-20(18-11-5-2-8-14-29(18)23)22(32)30(28-21)17-9-3-1-4-10-17/h1,3-4,9-10H,2,5-8,11-15H2,(H,27,31). The average molecular weight is 463 g/mol. The normalized spacial score (nSPS) is 17.3. The average Bonchev–Trinajstić information content (AvgIpc) is 3.34. The van der Waals surface area contributed by atoms with Crippen molar-refractivity contribution >= 4 is 17.7 Å². The Balaban J connectivity index is 1.48. The molecule has 0 saturated heterocycles. The summed E-state index contributed by atoms with van der Waals surface area (Å²) >= 11 is 1.35. The van der Waals surface area contributed by atoms with Crippen LogP contribution in [0.15, 0.2) is 40.3 Å². The number of benzene rings is 1. The number of fused-ring (bicyclic) bond motifs is 3. The van der Waals surface area contributed by atoms with Gasteiger partial charge in [-0.3, -0.25) is 9.59 Å². The van der Waals surface area contributed by atoms with E-state index in [0.717, 1.165) is 50.8 Å². The number of hydrogen-bond donors (Lipinski definition) is 1. The molecule has 1 fully saturated rings. The van der Waals surface area contributed by atoms with Crippen LogP contribution in [0.4, 0.5) is 0 Å². The predicted octanol–water partition coefficient (Wildman–Crippen LogP) is 3.30. The zero-order chi connectivity index (χ0) is 22.8. The minimum absolute atomic E-state index is 0.152. The number of nitrogens with one attached hydrogen (secondary N) is 1. The van der Waals surface area contributed by atoms with Crippen LogP contribution in [0.2, 0.25) is 0 Å². The molecule has 1 aromatic carbocycles. The fraction of sp³-hybridized carbons (Fsp3) is 0.458. The van der Waals surface area contributed by atoms with Crippen molar-refractivity contribution in [2.24, 2.45) is 0 Å². The lowest BCUT2D eigenvalue weighted by Crippen LogP contribution is -2.45. The number of hydrogen-bond acceptors (Lipinski definition) is 6. The summed E-state index contributed by atoms with van der Waals surface area (Å²) in [6.07, 6.45) is 7.21. The van der Waals surface area contributed by atoms with E-state index in [1.165, 1.54) is 16.4 Å². The van der Waals surface area contributed by atoms with E-state index < -0.39 is 5.54 Å². The first kappa shape index (κ1) is 21.7. The second kappa shape index (κ2) is 9.02. The quantitative estimate of drug-likeness (QED) is 0.461. The number of thioether (sulfide) groups is 1. The molecule has 0 aromatic heterocycles. The molecule has 0 atom stereocenters. The van der Waals surface area contributed by atoms with Crippen LogP contribution in [0.5, 0.6) is 0 Å². The molecule has 1 aromatic rings. The van der Waals surface area contributed by atoms with Crippen molar-refractivity contribution < 1.29 is 4.79 Å². The molecule has 0 unspecified atom stereocenters. The van der Waals surface area contributed by atoms with Crippen molar-refractivity contribution in [1.82, 2.24) is 24.6 Å². The number of para-hydroxylation sites is 1. The van der Waals surface area contributed by atoms with Gasteiger partial charge in [-0.05, 0) is 57.1 Å². The van der Waals surface area contributed by atoms with Crippen LogP contribution in [-0.4, -0.2) is 36.5 Å². The number of aromatic nitrogens is 4. The highest BCUT2D eigenvalue weighted by atomic mass is 32.2. The van der Waals surface area contributed by atoms with Crippen LogP contribution in [0, 0.1) is 11.3 Å². The fourth-order valence-corrected chi connectivity index (χ4v) is 5.72. The SMILES string of the molecule is N#CC1(NC(=O)CSc2nc3nn(-c4ccccc4)c(=O)c-3c3n2CCCCC3)CCCC1. The Hall–Kier alpha value is -3.12. The van der Waals surface area contributed by atoms with Crippen LogP contribution in [-0.2, 0) is 17.8 Å². The molecule has 3 aliphatic heterocycles. The van der Waals surface area contributed by atoms with E-state index >= 15 is 0 Å². The van der Waals surface area contributed by atoms with Gasteiger partial charge in [0.05, 0.1) is 17.5 Å². The Bertz CT molecular complexity index is 1240. The molecule has 33 heavy (non-hydrogen) atoms. The maximum Gasteiger partial charge on any atom is 0.284 e. The molecule has 4 aliphatic rings. The minimum Gasteiger partial charge on any atom is -0.337 e. The molecule has 170 valence electrons. The Morgan fingerprint density at radius 3 is 2.70 bits per heavy atom. The van der Waals surface area contributed by atoms with Gasteiger partial charge in [0.2, 0.25) is 5.91 Å². The van der Waals surface area contributed by atoms with Crippen LogP contribution in [0.3, 0.4) is 0 Å². The first-order chi connectivity index (χ1) is 16.1. The lowest BCUT2D eigenvalue weighted by molar-refractivity contribution is -0.119. The van der Waals surface area contributed by atoms with E-state index in [-0.39, 0.29) is 17.2 Å². The van der Waals surface area contributed by atoms with Crippen molar-refractivity contribution in [1.29, 1.82) is 5.26 Å². The number of nitrogens with zero attached hydrogens (tertiary/aromatic N) is 5. The monoisotopic (exact) mass is 462 g/mol. The van der Waals surface area contributed by atoms with Crippen molar-refractivity contribution in [3.8, 4) is 23.1 Å². The summed E-state index contributed by atoms with van der Waals surface area (Å²) < 4.78 is 3.52. The first-order valence-electron chi connectivity index (χ1n) is 11.5. The number of carbonyl (C=O) groups is 1. The zero-order valence-electron chi connectivity index (χ0n) is 18.4. The van der Waals surface area contributed by atoms with Crippen molar-refractivity contribution in [2.45, 2.75) is 68.6 Å². The zero-order valence-corrected chi connectivity index (χ0v) is 19.2. The van der Waals surface area contributed by atoms with Crippen LogP contribution >= 0.6 is 11.8 Å². The predicted molar refractivity (Wildman–Crippen MR) is 125 cm³/mol. The highest BCUT2D eigenvalue weighted by molar-refractivity contribution is 7.99. The molecule has 5 rings (SSSR count). The van der Waals surface area contributed by atoms with Gasteiger partial charge in [-0.25, -0.2) is 4.98 Å². The molecule has 1 amide bonds. The van der Waals surface area contributed by atoms with E-state index in [9.17, 15) is 14.9 Å². The second-order valence-corrected chi connectivity index (χ2v) is 9.73. The maximum absolute atomic E-state index is 13.3. The van der Waals surface area contributed by atoms with E-state index in [1.807, 2.05) is 30.3 Å². The topological polar surface area (TPSA) is 106 Å². The van der Waals surface area contributed by atoms with E-state index in [2.05, 4.69) is 21.1 Å². The molecule has 9 heteroatoms. The number of amides is 1. The molecule has 1 N–H and O–H groups in total. The summed E-state index contributed by atoms with van der Waals surface area (Å²) in [4.78, 5) is 30.7. The highest BCUT2D eigenvalue weighted by Gasteiger charge is 2.35. The Kier molecular flexibility index (Phi) is 5.94.